The van der Waals surface area contributed by atoms with Gasteiger partial charge in [-0.3, -0.25) is 4.79 Å². The van der Waals surface area contributed by atoms with E-state index < -0.39 is 27.8 Å². The van der Waals surface area contributed by atoms with E-state index in [0.29, 0.717) is 0 Å². The number of hydrogen-bond acceptors (Lipinski definition) is 3. The molecule has 1 amide bonds. The van der Waals surface area contributed by atoms with Crippen LogP contribution >= 0.6 is 0 Å². The van der Waals surface area contributed by atoms with Gasteiger partial charge in [-0.2, -0.15) is 0 Å². The van der Waals surface area contributed by atoms with Crippen molar-refractivity contribution < 1.29 is 17.6 Å². The third-order valence-corrected chi connectivity index (χ3v) is 5.74. The highest BCUT2D eigenvalue weighted by atomic mass is 32.2. The normalized spacial score (nSPS) is 12.4. The first-order valence-electron chi connectivity index (χ1n) is 8.60. The summed E-state index contributed by atoms with van der Waals surface area (Å²) in [6, 6.07) is 20.1. The van der Waals surface area contributed by atoms with Gasteiger partial charge in [0.05, 0.1) is 10.6 Å². The molecule has 28 heavy (non-hydrogen) atoms. The van der Waals surface area contributed by atoms with Gasteiger partial charge >= 0.3 is 0 Å². The summed E-state index contributed by atoms with van der Waals surface area (Å²) in [6.07, 6.45) is 0. The van der Waals surface area contributed by atoms with Crippen molar-refractivity contribution in [1.29, 1.82) is 0 Å². The zero-order valence-corrected chi connectivity index (χ0v) is 15.9. The first-order chi connectivity index (χ1) is 13.4. The summed E-state index contributed by atoms with van der Waals surface area (Å²) < 4.78 is 41.4. The van der Waals surface area contributed by atoms with Crippen molar-refractivity contribution in [2.45, 2.75) is 17.9 Å². The van der Waals surface area contributed by atoms with Crippen LogP contribution in [0.25, 0.3) is 0 Å². The number of halogens is 1. The molecule has 5 nitrogen and oxygen atoms in total. The van der Waals surface area contributed by atoms with Crippen LogP contribution in [0.2, 0.25) is 0 Å². The second kappa shape index (κ2) is 8.33. The van der Waals surface area contributed by atoms with Gasteiger partial charge in [-0.1, -0.05) is 42.5 Å². The molecule has 0 bridgehead atoms. The van der Waals surface area contributed by atoms with E-state index in [9.17, 15) is 17.6 Å². The fraction of sp³-hybridized carbons (Fsp3) is 0.0952. The van der Waals surface area contributed by atoms with E-state index in [-0.39, 0.29) is 16.1 Å². The molecule has 3 rings (SSSR count). The maximum absolute atomic E-state index is 13.6. The number of carbonyl (C=O) groups is 1. The third-order valence-electron chi connectivity index (χ3n) is 4.18. The average Bonchev–Trinajstić information content (AvgIpc) is 2.70. The second-order valence-electron chi connectivity index (χ2n) is 6.21. The van der Waals surface area contributed by atoms with Crippen LogP contribution in [-0.4, -0.2) is 14.3 Å². The quantitative estimate of drug-likeness (QED) is 0.656. The van der Waals surface area contributed by atoms with Crippen LogP contribution in [-0.2, 0) is 10.0 Å². The predicted octanol–water partition coefficient (Wildman–Crippen LogP) is 4.12. The summed E-state index contributed by atoms with van der Waals surface area (Å²) in [5.74, 6) is -1.08. The first kappa shape index (κ1) is 19.7. The van der Waals surface area contributed by atoms with Crippen molar-refractivity contribution in [2.24, 2.45) is 0 Å². The van der Waals surface area contributed by atoms with Crippen molar-refractivity contribution in [3.8, 4) is 0 Å². The summed E-state index contributed by atoms with van der Waals surface area (Å²) in [7, 11) is -3.76. The lowest BCUT2D eigenvalue weighted by Gasteiger charge is -2.15. The van der Waals surface area contributed by atoms with Gasteiger partial charge in [-0.25, -0.2) is 17.5 Å². The molecule has 0 aliphatic carbocycles. The Balaban J connectivity index is 1.72. The molecular weight excluding hydrogens is 379 g/mol. The van der Waals surface area contributed by atoms with E-state index in [1.54, 1.807) is 13.0 Å². The summed E-state index contributed by atoms with van der Waals surface area (Å²) in [4.78, 5) is 12.3. The summed E-state index contributed by atoms with van der Waals surface area (Å²) in [5.41, 5.74) is 1.12. The molecule has 0 aromatic heterocycles. The molecular formula is C21H19FN2O3S. The van der Waals surface area contributed by atoms with Gasteiger partial charge in [-0.15, -0.1) is 0 Å². The Labute approximate surface area is 163 Å². The minimum atomic E-state index is -3.76. The molecule has 0 saturated carbocycles. The van der Waals surface area contributed by atoms with Crippen LogP contribution in [0, 0.1) is 5.82 Å². The van der Waals surface area contributed by atoms with Crippen molar-refractivity contribution in [3.63, 3.8) is 0 Å². The van der Waals surface area contributed by atoms with E-state index in [0.717, 1.165) is 5.56 Å². The van der Waals surface area contributed by atoms with Gasteiger partial charge in [0, 0.05) is 11.6 Å². The van der Waals surface area contributed by atoms with Crippen LogP contribution in [0.15, 0.2) is 83.8 Å². The molecule has 0 fully saturated rings. The van der Waals surface area contributed by atoms with Crippen molar-refractivity contribution in [2.75, 3.05) is 5.32 Å². The minimum absolute atomic E-state index is 0.0396. The molecule has 3 aromatic rings. The third kappa shape index (κ3) is 4.62. The number of benzene rings is 3. The Bertz CT molecular complexity index is 1070. The molecule has 7 heteroatoms. The second-order valence-corrected chi connectivity index (χ2v) is 7.93. The van der Waals surface area contributed by atoms with E-state index in [1.807, 2.05) is 30.3 Å². The lowest BCUT2D eigenvalue weighted by Crippen LogP contribution is -2.27. The van der Waals surface area contributed by atoms with Gasteiger partial charge in [0.25, 0.3) is 5.91 Å². The maximum Gasteiger partial charge on any atom is 0.255 e. The molecule has 0 heterocycles. The Morgan fingerprint density at radius 1 is 0.893 bits per heavy atom. The number of sulfonamides is 1. The number of amides is 1. The monoisotopic (exact) mass is 398 g/mol. The summed E-state index contributed by atoms with van der Waals surface area (Å²) in [5, 5.41) is 2.46. The Hall–Kier alpha value is -3.03. The van der Waals surface area contributed by atoms with Crippen LogP contribution in [0.4, 0.5) is 10.1 Å². The first-order valence-corrected chi connectivity index (χ1v) is 10.1. The SMILES string of the molecule is CC(NS(=O)(=O)c1ccc(C(=O)Nc2ccccc2F)cc1)c1ccccc1. The minimum Gasteiger partial charge on any atom is -0.319 e. The van der Waals surface area contributed by atoms with Gasteiger partial charge in [0.2, 0.25) is 10.0 Å². The molecule has 0 saturated heterocycles. The van der Waals surface area contributed by atoms with E-state index >= 15 is 0 Å². The zero-order chi connectivity index (χ0) is 20.1. The molecule has 3 aromatic carbocycles. The average molecular weight is 398 g/mol. The lowest BCUT2D eigenvalue weighted by atomic mass is 10.1. The topological polar surface area (TPSA) is 75.3 Å². The smallest absolute Gasteiger partial charge is 0.255 e. The van der Waals surface area contributed by atoms with Crippen LogP contribution in [0.1, 0.15) is 28.9 Å². The predicted molar refractivity (Wildman–Crippen MR) is 106 cm³/mol. The van der Waals surface area contributed by atoms with Crippen molar-refractivity contribution >= 4 is 21.6 Å². The molecule has 2 N–H and O–H groups in total. The number of nitrogens with one attached hydrogen (secondary N) is 2. The number of anilines is 1. The summed E-state index contributed by atoms with van der Waals surface area (Å²) >= 11 is 0. The Kier molecular flexibility index (Phi) is 5.87. The Morgan fingerprint density at radius 2 is 1.50 bits per heavy atom. The number of carbonyl (C=O) groups excluding carboxylic acids is 1. The number of para-hydroxylation sites is 1. The van der Waals surface area contributed by atoms with Crippen LogP contribution in [0.5, 0.6) is 0 Å². The fourth-order valence-corrected chi connectivity index (χ4v) is 3.89. The van der Waals surface area contributed by atoms with Gasteiger partial charge in [-0.05, 0) is 48.9 Å². The highest BCUT2D eigenvalue weighted by Gasteiger charge is 2.19. The number of rotatable bonds is 6. The molecule has 1 atom stereocenters. The highest BCUT2D eigenvalue weighted by Crippen LogP contribution is 2.18. The molecule has 144 valence electrons. The molecule has 0 spiro atoms. The Morgan fingerprint density at radius 3 is 2.14 bits per heavy atom. The van der Waals surface area contributed by atoms with Crippen molar-refractivity contribution in [1.82, 2.24) is 4.72 Å². The fourth-order valence-electron chi connectivity index (χ4n) is 2.65. The van der Waals surface area contributed by atoms with E-state index in [2.05, 4.69) is 10.0 Å². The van der Waals surface area contributed by atoms with E-state index in [1.165, 1.54) is 42.5 Å². The molecule has 0 aliphatic heterocycles. The standard InChI is InChI=1S/C21H19FN2O3S/c1-15(16-7-3-2-4-8-16)24-28(26,27)18-13-11-17(12-14-18)21(25)23-20-10-6-5-9-19(20)22/h2-15,24H,1H3,(H,23,25). The van der Waals surface area contributed by atoms with Crippen LogP contribution < -0.4 is 10.0 Å². The van der Waals surface area contributed by atoms with Gasteiger partial charge < -0.3 is 5.32 Å². The van der Waals surface area contributed by atoms with Crippen molar-refractivity contribution in [3.05, 3.63) is 95.8 Å². The highest BCUT2D eigenvalue weighted by molar-refractivity contribution is 7.89. The maximum atomic E-state index is 13.6. The zero-order valence-electron chi connectivity index (χ0n) is 15.1. The largest absolute Gasteiger partial charge is 0.319 e. The number of hydrogen-bond donors (Lipinski definition) is 2. The molecule has 1 unspecified atom stereocenters. The summed E-state index contributed by atoms with van der Waals surface area (Å²) in [6.45, 7) is 1.75. The van der Waals surface area contributed by atoms with Gasteiger partial charge in [0.15, 0.2) is 0 Å². The van der Waals surface area contributed by atoms with E-state index in [4.69, 9.17) is 0 Å². The van der Waals surface area contributed by atoms with Gasteiger partial charge in [0.1, 0.15) is 5.82 Å². The van der Waals surface area contributed by atoms with Crippen LogP contribution in [0.3, 0.4) is 0 Å². The molecule has 0 aliphatic rings. The molecule has 0 radical (unpaired) electrons. The lowest BCUT2D eigenvalue weighted by molar-refractivity contribution is 0.102.